The molecule has 1 aliphatic rings. The smallest absolute Gasteiger partial charge is 0.273 e. The second kappa shape index (κ2) is 10.0. The number of aromatic nitrogens is 2. The zero-order valence-electron chi connectivity index (χ0n) is 20.3. The third-order valence-corrected chi connectivity index (χ3v) is 7.40. The lowest BCUT2D eigenvalue weighted by Gasteiger charge is -2.43. The molecule has 2 heterocycles. The molecule has 5 rings (SSSR count). The van der Waals surface area contributed by atoms with Gasteiger partial charge in [0, 0.05) is 23.5 Å². The average molecular weight is 497 g/mol. The van der Waals surface area contributed by atoms with Crippen molar-refractivity contribution in [2.45, 2.75) is 37.0 Å². The van der Waals surface area contributed by atoms with Crippen LogP contribution in [-0.4, -0.2) is 38.3 Å². The van der Waals surface area contributed by atoms with Crippen LogP contribution in [0.4, 0.5) is 0 Å². The van der Waals surface area contributed by atoms with Crippen LogP contribution < -0.4 is 5.32 Å². The summed E-state index contributed by atoms with van der Waals surface area (Å²) in [5.41, 5.74) is 3.00. The fourth-order valence-corrected chi connectivity index (χ4v) is 4.93. The summed E-state index contributed by atoms with van der Waals surface area (Å²) in [6.07, 6.45) is 2.03. The number of benzene rings is 3. The van der Waals surface area contributed by atoms with Crippen LogP contribution in [-0.2, 0) is 24.4 Å². The first-order chi connectivity index (χ1) is 17.5. The van der Waals surface area contributed by atoms with Gasteiger partial charge in [-0.2, -0.15) is 5.10 Å². The topological polar surface area (TPSA) is 67.2 Å². The molecule has 1 unspecified atom stereocenters. The molecule has 4 aromatic rings. The van der Waals surface area contributed by atoms with Gasteiger partial charge in [-0.3, -0.25) is 14.3 Å². The fourth-order valence-electron chi connectivity index (χ4n) is 4.52. The standard InChI is InChI=1S/C29H28N4O2S/c1-29(28(35)30-18-21-9-5-3-6-10-21)20-33-26(17-25(31-33)23-11-7-4-8-12-23)27(34)32(29)19-22-13-15-24(36-2)16-14-22/h3-17H,18-20H2,1-2H3,(H,30,35). The highest BCUT2D eigenvalue weighted by Crippen LogP contribution is 2.32. The van der Waals surface area contributed by atoms with E-state index in [1.807, 2.05) is 104 Å². The van der Waals surface area contributed by atoms with Crippen LogP contribution >= 0.6 is 11.8 Å². The van der Waals surface area contributed by atoms with Crippen LogP contribution in [0.15, 0.2) is 95.9 Å². The minimum absolute atomic E-state index is 0.206. The van der Waals surface area contributed by atoms with E-state index < -0.39 is 5.54 Å². The summed E-state index contributed by atoms with van der Waals surface area (Å²) in [6.45, 7) is 2.81. The van der Waals surface area contributed by atoms with Crippen LogP contribution in [0.2, 0.25) is 0 Å². The predicted molar refractivity (Wildman–Crippen MR) is 142 cm³/mol. The lowest BCUT2D eigenvalue weighted by atomic mass is 9.94. The third kappa shape index (κ3) is 4.66. The van der Waals surface area contributed by atoms with Crippen molar-refractivity contribution in [2.75, 3.05) is 6.26 Å². The van der Waals surface area contributed by atoms with E-state index in [4.69, 9.17) is 5.10 Å². The summed E-state index contributed by atoms with van der Waals surface area (Å²) >= 11 is 1.67. The molecular formula is C29H28N4O2S. The number of nitrogens with zero attached hydrogens (tertiary/aromatic N) is 3. The molecule has 0 saturated carbocycles. The summed E-state index contributed by atoms with van der Waals surface area (Å²) < 4.78 is 1.68. The summed E-state index contributed by atoms with van der Waals surface area (Å²) in [5, 5.41) is 7.77. The van der Waals surface area contributed by atoms with Crippen molar-refractivity contribution in [3.8, 4) is 11.3 Å². The Morgan fingerprint density at radius 3 is 2.31 bits per heavy atom. The van der Waals surface area contributed by atoms with Gasteiger partial charge in [0.2, 0.25) is 5.91 Å². The first-order valence-electron chi connectivity index (χ1n) is 11.9. The van der Waals surface area contributed by atoms with E-state index in [-0.39, 0.29) is 18.4 Å². The van der Waals surface area contributed by atoms with Gasteiger partial charge in [0.1, 0.15) is 11.2 Å². The lowest BCUT2D eigenvalue weighted by Crippen LogP contribution is -2.63. The fraction of sp³-hybridized carbons (Fsp3) is 0.207. The molecule has 0 aliphatic carbocycles. The van der Waals surface area contributed by atoms with E-state index in [2.05, 4.69) is 5.32 Å². The molecule has 6 nitrogen and oxygen atoms in total. The van der Waals surface area contributed by atoms with Crippen molar-refractivity contribution in [3.05, 3.63) is 108 Å². The molecule has 1 aromatic heterocycles. The van der Waals surface area contributed by atoms with Crippen LogP contribution in [0.25, 0.3) is 11.3 Å². The van der Waals surface area contributed by atoms with E-state index in [0.717, 1.165) is 27.3 Å². The Balaban J connectivity index is 1.49. The Bertz CT molecular complexity index is 1370. The Kier molecular flexibility index (Phi) is 6.65. The molecule has 1 atom stereocenters. The number of hydrogen-bond acceptors (Lipinski definition) is 4. The first kappa shape index (κ1) is 23.9. The second-order valence-corrected chi connectivity index (χ2v) is 10.00. The Hall–Kier alpha value is -3.84. The van der Waals surface area contributed by atoms with Gasteiger partial charge >= 0.3 is 0 Å². The predicted octanol–water partition coefficient (Wildman–Crippen LogP) is 5.00. The number of rotatable bonds is 7. The van der Waals surface area contributed by atoms with Crippen molar-refractivity contribution in [1.82, 2.24) is 20.0 Å². The van der Waals surface area contributed by atoms with E-state index >= 15 is 0 Å². The summed E-state index contributed by atoms with van der Waals surface area (Å²) in [5.74, 6) is -0.412. The van der Waals surface area contributed by atoms with E-state index in [1.165, 1.54) is 0 Å². The lowest BCUT2D eigenvalue weighted by molar-refractivity contribution is -0.133. The number of carbonyl (C=O) groups excluding carboxylic acids is 2. The molecule has 182 valence electrons. The maximum Gasteiger partial charge on any atom is 0.273 e. The van der Waals surface area contributed by atoms with Gasteiger partial charge < -0.3 is 10.2 Å². The SMILES string of the molecule is CSc1ccc(CN2C(=O)c3cc(-c4ccccc4)nn3CC2(C)C(=O)NCc2ccccc2)cc1. The van der Waals surface area contributed by atoms with Gasteiger partial charge in [-0.25, -0.2) is 0 Å². The number of nitrogens with one attached hydrogen (secondary N) is 1. The molecule has 0 radical (unpaired) electrons. The molecule has 0 spiro atoms. The van der Waals surface area contributed by atoms with E-state index in [0.29, 0.717) is 18.8 Å². The molecule has 0 saturated heterocycles. The molecule has 1 N–H and O–H groups in total. The molecule has 7 heteroatoms. The second-order valence-electron chi connectivity index (χ2n) is 9.12. The van der Waals surface area contributed by atoms with Crippen LogP contribution in [0.5, 0.6) is 0 Å². The number of amides is 2. The van der Waals surface area contributed by atoms with Gasteiger partial charge in [0.05, 0.1) is 12.2 Å². The number of hydrogen-bond donors (Lipinski definition) is 1. The van der Waals surface area contributed by atoms with Gasteiger partial charge in [-0.05, 0) is 42.5 Å². The van der Waals surface area contributed by atoms with Crippen molar-refractivity contribution >= 4 is 23.6 Å². The minimum Gasteiger partial charge on any atom is -0.350 e. The quantitative estimate of drug-likeness (QED) is 0.366. The van der Waals surface area contributed by atoms with Crippen molar-refractivity contribution in [1.29, 1.82) is 0 Å². The highest BCUT2D eigenvalue weighted by Gasteiger charge is 2.48. The normalized spacial score (nSPS) is 17.1. The largest absolute Gasteiger partial charge is 0.350 e. The number of carbonyl (C=O) groups is 2. The molecule has 3 aromatic carbocycles. The van der Waals surface area contributed by atoms with Crippen LogP contribution in [0.3, 0.4) is 0 Å². The van der Waals surface area contributed by atoms with Gasteiger partial charge in [0.15, 0.2) is 0 Å². The van der Waals surface area contributed by atoms with E-state index in [1.54, 1.807) is 21.3 Å². The summed E-state index contributed by atoms with van der Waals surface area (Å²) in [4.78, 5) is 30.4. The Morgan fingerprint density at radius 1 is 0.972 bits per heavy atom. The Morgan fingerprint density at radius 2 is 1.64 bits per heavy atom. The minimum atomic E-state index is -1.11. The molecule has 2 amide bonds. The molecule has 36 heavy (non-hydrogen) atoms. The highest BCUT2D eigenvalue weighted by atomic mass is 32.2. The zero-order chi connectivity index (χ0) is 25.1. The number of thioether (sulfide) groups is 1. The molecular weight excluding hydrogens is 468 g/mol. The maximum atomic E-state index is 13.9. The zero-order valence-corrected chi connectivity index (χ0v) is 21.2. The molecule has 0 bridgehead atoms. The molecule has 0 fully saturated rings. The van der Waals surface area contributed by atoms with Crippen LogP contribution in [0, 0.1) is 0 Å². The van der Waals surface area contributed by atoms with Gasteiger partial charge in [-0.15, -0.1) is 11.8 Å². The van der Waals surface area contributed by atoms with Crippen molar-refractivity contribution < 1.29 is 9.59 Å². The highest BCUT2D eigenvalue weighted by molar-refractivity contribution is 7.98. The van der Waals surface area contributed by atoms with Crippen molar-refractivity contribution in [2.24, 2.45) is 0 Å². The van der Waals surface area contributed by atoms with Crippen LogP contribution in [0.1, 0.15) is 28.5 Å². The third-order valence-electron chi connectivity index (χ3n) is 6.65. The summed E-state index contributed by atoms with van der Waals surface area (Å²) in [6, 6.07) is 29.5. The van der Waals surface area contributed by atoms with Gasteiger partial charge in [-0.1, -0.05) is 72.8 Å². The average Bonchev–Trinajstić information content (AvgIpc) is 3.35. The van der Waals surface area contributed by atoms with Crippen molar-refractivity contribution in [3.63, 3.8) is 0 Å². The molecule has 1 aliphatic heterocycles. The van der Waals surface area contributed by atoms with E-state index in [9.17, 15) is 9.59 Å². The van der Waals surface area contributed by atoms with Gasteiger partial charge in [0.25, 0.3) is 5.91 Å². The first-order valence-corrected chi connectivity index (χ1v) is 13.1. The summed E-state index contributed by atoms with van der Waals surface area (Å²) in [7, 11) is 0. The Labute approximate surface area is 215 Å². The maximum absolute atomic E-state index is 13.9. The number of fused-ring (bicyclic) bond motifs is 1. The monoisotopic (exact) mass is 496 g/mol.